The quantitative estimate of drug-likeness (QED) is 0.137. The zero-order valence-corrected chi connectivity index (χ0v) is 20.0. The number of allylic oxidation sites excluding steroid dienone is 2. The molecule has 3 aliphatic rings. The molecule has 0 saturated carbocycles. The van der Waals surface area contributed by atoms with Crippen molar-refractivity contribution in [1.82, 2.24) is 20.2 Å². The van der Waals surface area contributed by atoms with Crippen LogP contribution in [0.25, 0.3) is 0 Å². The first kappa shape index (κ1) is 24.1. The lowest BCUT2D eigenvalue weighted by molar-refractivity contribution is -0.155. The van der Waals surface area contributed by atoms with E-state index in [1.807, 2.05) is 0 Å². The second-order valence-corrected chi connectivity index (χ2v) is 9.44. The number of thiazole rings is 1. The first-order chi connectivity index (χ1) is 17.8. The lowest BCUT2D eigenvalue weighted by Gasteiger charge is -2.50. The number of carboxylic acids is 1. The van der Waals surface area contributed by atoms with Crippen LogP contribution in [0.4, 0.5) is 10.8 Å². The Morgan fingerprint density at radius 1 is 1.24 bits per heavy atom. The number of β-lactam (4-membered cyclic amide) rings is 1. The van der Waals surface area contributed by atoms with E-state index >= 15 is 0 Å². The Hall–Kier alpha value is -4.59. The molecule has 3 aliphatic heterocycles. The molecule has 2 fully saturated rings. The number of nitrogen functional groups attached to an aromatic ring is 1. The highest BCUT2D eigenvalue weighted by Gasteiger charge is 2.53. The molecule has 0 radical (unpaired) electrons. The number of nitrogens with zero attached hydrogens (tertiary/aromatic N) is 5. The van der Waals surface area contributed by atoms with Gasteiger partial charge in [-0.2, -0.15) is 0 Å². The van der Waals surface area contributed by atoms with Crippen LogP contribution in [0, 0.1) is 0 Å². The molecular formula is C23H21N7O6S. The summed E-state index contributed by atoms with van der Waals surface area (Å²) in [6.07, 6.45) is 5.82. The molecule has 37 heavy (non-hydrogen) atoms. The SMILES string of the molecule is Nc1nc(/C(=N/O)C(=O)N[C@@H]2C(=O)N3C(C(=O)O)=C(/C=C4\CCN(c5ccncc5)C4=O)CC[C@H]23)cs1. The number of pyridine rings is 1. The fourth-order valence-corrected chi connectivity index (χ4v) is 5.33. The number of aliphatic carboxylic acids is 1. The molecule has 2 saturated heterocycles. The van der Waals surface area contributed by atoms with Gasteiger partial charge in [0.15, 0.2) is 10.8 Å². The minimum Gasteiger partial charge on any atom is -0.477 e. The van der Waals surface area contributed by atoms with Gasteiger partial charge < -0.3 is 26.3 Å². The number of fused-ring (bicyclic) bond motifs is 1. The van der Waals surface area contributed by atoms with E-state index in [0.717, 1.165) is 16.2 Å². The zero-order chi connectivity index (χ0) is 26.3. The van der Waals surface area contributed by atoms with Crippen molar-refractivity contribution < 1.29 is 29.5 Å². The summed E-state index contributed by atoms with van der Waals surface area (Å²) in [7, 11) is 0. The molecule has 5 N–H and O–H groups in total. The second-order valence-electron chi connectivity index (χ2n) is 8.55. The molecule has 0 unspecified atom stereocenters. The third kappa shape index (κ3) is 4.20. The summed E-state index contributed by atoms with van der Waals surface area (Å²) >= 11 is 1.05. The van der Waals surface area contributed by atoms with Gasteiger partial charge in [-0.15, -0.1) is 11.3 Å². The Kier molecular flexibility index (Phi) is 6.17. The molecule has 0 spiro atoms. The minimum atomic E-state index is -1.30. The van der Waals surface area contributed by atoms with Crippen molar-refractivity contribution in [3.05, 3.63) is 58.5 Å². The van der Waals surface area contributed by atoms with Crippen molar-refractivity contribution in [3.63, 3.8) is 0 Å². The van der Waals surface area contributed by atoms with Gasteiger partial charge in [0.1, 0.15) is 17.4 Å². The third-order valence-corrected chi connectivity index (χ3v) is 7.16. The van der Waals surface area contributed by atoms with Crippen molar-refractivity contribution in [3.8, 4) is 0 Å². The van der Waals surface area contributed by atoms with Gasteiger partial charge in [0.25, 0.3) is 17.7 Å². The Bertz CT molecular complexity index is 1400. The maximum Gasteiger partial charge on any atom is 0.352 e. The summed E-state index contributed by atoms with van der Waals surface area (Å²) in [4.78, 5) is 61.3. The van der Waals surface area contributed by atoms with Crippen molar-refractivity contribution in [2.45, 2.75) is 31.3 Å². The van der Waals surface area contributed by atoms with Crippen LogP contribution in [-0.2, 0) is 19.2 Å². The number of carboxylic acid groups (broad SMARTS) is 1. The minimum absolute atomic E-state index is 0.0526. The third-order valence-electron chi connectivity index (χ3n) is 6.49. The molecule has 2 atom stereocenters. The number of carbonyl (C=O) groups is 4. The maximum absolute atomic E-state index is 13.0. The van der Waals surface area contributed by atoms with E-state index in [-0.39, 0.29) is 28.9 Å². The highest BCUT2D eigenvalue weighted by molar-refractivity contribution is 7.13. The Balaban J connectivity index is 1.35. The smallest absolute Gasteiger partial charge is 0.352 e. The predicted molar refractivity (Wildman–Crippen MR) is 131 cm³/mol. The molecule has 5 rings (SSSR count). The zero-order valence-electron chi connectivity index (χ0n) is 19.2. The standard InChI is InChI=1S/C23H21N7O6S/c24-23-26-14(10-37-23)16(28-36)19(31)27-17-15-2-1-11(18(22(34)35)30(15)21(17)33)9-12-5-8-29(20(12)32)13-3-6-25-7-4-13/h3-4,6-7,9-10,15,17,36H,1-2,5,8H2,(H2,24,26)(H,27,31)(H,34,35)/b12-9+,28-16-/t15-,17+/m1/s1. The van der Waals surface area contributed by atoms with Gasteiger partial charge in [0.2, 0.25) is 0 Å². The summed E-state index contributed by atoms with van der Waals surface area (Å²) in [6.45, 7) is 0.448. The number of anilines is 2. The van der Waals surface area contributed by atoms with Crippen LogP contribution in [0.2, 0.25) is 0 Å². The number of amides is 3. The van der Waals surface area contributed by atoms with Crippen molar-refractivity contribution >= 4 is 51.6 Å². The van der Waals surface area contributed by atoms with Gasteiger partial charge in [-0.3, -0.25) is 24.3 Å². The van der Waals surface area contributed by atoms with Crippen molar-refractivity contribution in [1.29, 1.82) is 0 Å². The monoisotopic (exact) mass is 523 g/mol. The predicted octanol–water partition coefficient (Wildman–Crippen LogP) is 0.490. The molecule has 0 aromatic carbocycles. The van der Waals surface area contributed by atoms with E-state index in [4.69, 9.17) is 5.73 Å². The maximum atomic E-state index is 13.0. The number of nitrogens with two attached hydrogens (primary N) is 1. The topological polar surface area (TPSA) is 191 Å². The molecule has 2 aromatic rings. The van der Waals surface area contributed by atoms with Crippen LogP contribution < -0.4 is 16.0 Å². The van der Waals surface area contributed by atoms with Crippen LogP contribution in [-0.4, -0.2) is 73.2 Å². The number of hydrogen-bond acceptors (Lipinski definition) is 10. The molecule has 3 amide bonds. The van der Waals surface area contributed by atoms with Gasteiger partial charge in [0, 0.05) is 35.6 Å². The molecular weight excluding hydrogens is 502 g/mol. The number of carbonyl (C=O) groups excluding carboxylic acids is 3. The fraction of sp³-hybridized carbons (Fsp3) is 0.261. The van der Waals surface area contributed by atoms with Crippen LogP contribution in [0.3, 0.4) is 0 Å². The van der Waals surface area contributed by atoms with E-state index in [1.165, 1.54) is 5.38 Å². The summed E-state index contributed by atoms with van der Waals surface area (Å²) in [5, 5.41) is 26.3. The van der Waals surface area contributed by atoms with E-state index in [0.29, 0.717) is 36.2 Å². The van der Waals surface area contributed by atoms with Gasteiger partial charge in [-0.05, 0) is 43.0 Å². The van der Waals surface area contributed by atoms with Gasteiger partial charge >= 0.3 is 5.97 Å². The summed E-state index contributed by atoms with van der Waals surface area (Å²) < 4.78 is 0. The normalized spacial score (nSPS) is 22.8. The number of hydrogen-bond donors (Lipinski definition) is 4. The molecule has 0 aliphatic carbocycles. The number of oxime groups is 1. The second kappa shape index (κ2) is 9.46. The average Bonchev–Trinajstić information content (AvgIpc) is 3.48. The molecule has 14 heteroatoms. The number of rotatable bonds is 6. The Morgan fingerprint density at radius 2 is 2.00 bits per heavy atom. The Labute approximate surface area is 213 Å². The molecule has 190 valence electrons. The average molecular weight is 524 g/mol. The molecule has 2 aromatic heterocycles. The highest BCUT2D eigenvalue weighted by atomic mass is 32.1. The van der Waals surface area contributed by atoms with E-state index < -0.39 is 35.6 Å². The summed E-state index contributed by atoms with van der Waals surface area (Å²) in [6, 6.07) is 1.84. The van der Waals surface area contributed by atoms with Gasteiger partial charge in [-0.1, -0.05) is 5.16 Å². The summed E-state index contributed by atoms with van der Waals surface area (Å²) in [5.41, 5.74) is 6.52. The van der Waals surface area contributed by atoms with E-state index in [9.17, 15) is 29.5 Å². The van der Waals surface area contributed by atoms with Crippen LogP contribution in [0.1, 0.15) is 25.0 Å². The first-order valence-electron chi connectivity index (χ1n) is 11.3. The van der Waals surface area contributed by atoms with E-state index in [2.05, 4.69) is 20.4 Å². The molecule has 5 heterocycles. The Morgan fingerprint density at radius 3 is 2.65 bits per heavy atom. The highest BCUT2D eigenvalue weighted by Crippen LogP contribution is 2.38. The van der Waals surface area contributed by atoms with Crippen LogP contribution in [0.5, 0.6) is 0 Å². The van der Waals surface area contributed by atoms with Crippen molar-refractivity contribution in [2.24, 2.45) is 5.16 Å². The lowest BCUT2D eigenvalue weighted by atomic mass is 9.82. The number of nitrogens with one attached hydrogen (secondary N) is 1. The fourth-order valence-electron chi connectivity index (χ4n) is 4.78. The van der Waals surface area contributed by atoms with Crippen LogP contribution >= 0.6 is 11.3 Å². The molecule has 0 bridgehead atoms. The lowest BCUT2D eigenvalue weighted by Crippen LogP contribution is -2.72. The van der Waals surface area contributed by atoms with Crippen molar-refractivity contribution in [2.75, 3.05) is 17.2 Å². The largest absolute Gasteiger partial charge is 0.477 e. The number of aromatic nitrogens is 2. The van der Waals surface area contributed by atoms with E-state index in [1.54, 1.807) is 35.5 Å². The van der Waals surface area contributed by atoms with Gasteiger partial charge in [0.05, 0.1) is 6.04 Å². The van der Waals surface area contributed by atoms with Gasteiger partial charge in [-0.25, -0.2) is 9.78 Å². The summed E-state index contributed by atoms with van der Waals surface area (Å²) in [5.74, 6) is -2.99. The molecule has 13 nitrogen and oxygen atoms in total. The first-order valence-corrected chi connectivity index (χ1v) is 12.1. The van der Waals surface area contributed by atoms with Crippen LogP contribution in [0.15, 0.2) is 58.0 Å².